The maximum atomic E-state index is 9.64. The lowest BCUT2D eigenvalue weighted by molar-refractivity contribution is -0.109. The van der Waals surface area contributed by atoms with Crippen molar-refractivity contribution in [3.8, 4) is 0 Å². The van der Waals surface area contributed by atoms with Gasteiger partial charge in [-0.3, -0.25) is 4.79 Å². The second-order valence-electron chi connectivity index (χ2n) is 0.600. The number of carbonyl (C=O) groups is 1. The Labute approximate surface area is 37.9 Å². The number of hydrogen-bond donors (Lipinski definition) is 0. The first-order valence-electron chi connectivity index (χ1n) is 1.11. The normalized spacial score (nSPS) is 7.60. The molecule has 0 bridgehead atoms. The Hall–Kier alpha value is 0.390. The van der Waals surface area contributed by atoms with Crippen LogP contribution in [-0.2, 0) is 4.79 Å². The van der Waals surface area contributed by atoms with Crippen LogP contribution in [0.2, 0.25) is 0 Å². The molecule has 0 aromatic carbocycles. The van der Waals surface area contributed by atoms with Gasteiger partial charge in [-0.25, -0.2) is 0 Å². The van der Waals surface area contributed by atoms with Crippen molar-refractivity contribution in [2.24, 2.45) is 0 Å². The van der Waals surface area contributed by atoms with Crippen LogP contribution < -0.4 is 0 Å². The van der Waals surface area contributed by atoms with Gasteiger partial charge in [0.05, 0.1) is 5.88 Å². The Balaban J connectivity index is 2.85. The summed E-state index contributed by atoms with van der Waals surface area (Å²) in [6, 6.07) is 0. The molecule has 0 fully saturated rings. The number of carbonyl (C=O) groups excluding carboxylic acids is 1. The summed E-state index contributed by atoms with van der Waals surface area (Å²) in [6.07, 6.45) is 0. The molecule has 0 aliphatic heterocycles. The van der Waals surface area contributed by atoms with Gasteiger partial charge < -0.3 is 0 Å². The topological polar surface area (TPSA) is 17.1 Å². The van der Waals surface area contributed by atoms with Crippen molar-refractivity contribution in [1.82, 2.24) is 0 Å². The van der Waals surface area contributed by atoms with E-state index < -0.39 is 0 Å². The van der Waals surface area contributed by atoms with Gasteiger partial charge in [0.2, 0.25) is 0 Å². The largest absolute Gasteiger partial charge is 0.294 e. The van der Waals surface area contributed by atoms with E-state index in [1.807, 2.05) is 9.24 Å². The molecule has 30 valence electrons. The monoisotopic (exact) mass is 110 g/mol. The smallest absolute Gasteiger partial charge is 0.162 e. The van der Waals surface area contributed by atoms with E-state index in [1.54, 1.807) is 0 Å². The van der Waals surface area contributed by atoms with Crippen molar-refractivity contribution in [2.45, 2.75) is 0 Å². The highest BCUT2D eigenvalue weighted by atomic mass is 35.5. The van der Waals surface area contributed by atoms with Gasteiger partial charge in [0.15, 0.2) is 5.52 Å². The van der Waals surface area contributed by atoms with E-state index >= 15 is 0 Å². The maximum absolute atomic E-state index is 9.64. The second-order valence-corrected chi connectivity index (χ2v) is 1.51. The maximum Gasteiger partial charge on any atom is 0.162 e. The minimum atomic E-state index is -0.0633. The Bertz CT molecular complexity index is 44.9. The quantitative estimate of drug-likeness (QED) is 0.357. The summed E-state index contributed by atoms with van der Waals surface area (Å²) in [5, 5.41) is 0. The van der Waals surface area contributed by atoms with Gasteiger partial charge in [-0.1, -0.05) is 9.24 Å². The van der Waals surface area contributed by atoms with Crippen LogP contribution in [0.5, 0.6) is 0 Å². The zero-order valence-corrected chi connectivity index (χ0v) is 4.48. The molecule has 0 amide bonds. The molecular weight excluding hydrogens is 106 g/mol. The standard InChI is InChI=1S/C2H4ClOP/c3-1-2(4)5/h1,5H2. The average molecular weight is 110 g/mol. The van der Waals surface area contributed by atoms with E-state index in [2.05, 4.69) is 0 Å². The molecule has 1 atom stereocenters. The SMILES string of the molecule is O=C(P)CCl. The van der Waals surface area contributed by atoms with Crippen LogP contribution in [0.15, 0.2) is 0 Å². The lowest BCUT2D eigenvalue weighted by atomic mass is 10.9. The Morgan fingerprint density at radius 3 is 2.20 bits per heavy atom. The molecule has 0 heterocycles. The predicted octanol–water partition coefficient (Wildman–Crippen LogP) is 0.627. The fourth-order valence-electron chi connectivity index (χ4n) is 0. The molecule has 0 aromatic rings. The third-order valence-electron chi connectivity index (χ3n) is 0.132. The summed E-state index contributed by atoms with van der Waals surface area (Å²) < 4.78 is 0. The van der Waals surface area contributed by atoms with Gasteiger partial charge in [-0.05, 0) is 0 Å². The average Bonchev–Trinajstić information content (AvgIpc) is 1.38. The lowest BCUT2D eigenvalue weighted by Crippen LogP contribution is -1.80. The van der Waals surface area contributed by atoms with Crippen LogP contribution in [0.3, 0.4) is 0 Å². The van der Waals surface area contributed by atoms with Gasteiger partial charge in [0.1, 0.15) is 0 Å². The lowest BCUT2D eigenvalue weighted by Gasteiger charge is -1.69. The van der Waals surface area contributed by atoms with Gasteiger partial charge in [-0.15, -0.1) is 11.6 Å². The van der Waals surface area contributed by atoms with Gasteiger partial charge in [-0.2, -0.15) is 0 Å². The minimum absolute atomic E-state index is 0.0633. The molecule has 1 unspecified atom stereocenters. The van der Waals surface area contributed by atoms with Crippen LogP contribution >= 0.6 is 20.8 Å². The third kappa shape index (κ3) is 4.39. The van der Waals surface area contributed by atoms with Crippen molar-refractivity contribution >= 4 is 26.4 Å². The molecule has 0 aliphatic carbocycles. The summed E-state index contributed by atoms with van der Waals surface area (Å²) in [6.45, 7) is 0. The highest BCUT2D eigenvalue weighted by Crippen LogP contribution is 1.84. The van der Waals surface area contributed by atoms with Gasteiger partial charge in [0.25, 0.3) is 0 Å². The molecule has 1 nitrogen and oxygen atoms in total. The fraction of sp³-hybridized carbons (Fsp3) is 0.500. The molecule has 0 aliphatic rings. The molecule has 0 N–H and O–H groups in total. The van der Waals surface area contributed by atoms with Crippen LogP contribution in [0.25, 0.3) is 0 Å². The fourth-order valence-corrected chi connectivity index (χ4v) is 0. The molecule has 0 saturated heterocycles. The molecule has 0 aromatic heterocycles. The molecule has 3 heteroatoms. The van der Waals surface area contributed by atoms with E-state index in [0.29, 0.717) is 0 Å². The van der Waals surface area contributed by atoms with Crippen molar-refractivity contribution in [2.75, 3.05) is 5.88 Å². The molecule has 0 radical (unpaired) electrons. The summed E-state index contributed by atoms with van der Waals surface area (Å²) in [5.41, 5.74) is -0.0633. The summed E-state index contributed by atoms with van der Waals surface area (Å²) in [5.74, 6) is 0.102. The zero-order valence-electron chi connectivity index (χ0n) is 2.57. The van der Waals surface area contributed by atoms with Crippen LogP contribution in [0.4, 0.5) is 0 Å². The number of hydrogen-bond acceptors (Lipinski definition) is 1. The highest BCUT2D eigenvalue weighted by molar-refractivity contribution is 7.40. The van der Waals surface area contributed by atoms with Crippen LogP contribution in [0.1, 0.15) is 0 Å². The van der Waals surface area contributed by atoms with E-state index in [4.69, 9.17) is 11.6 Å². The molecule has 5 heavy (non-hydrogen) atoms. The minimum Gasteiger partial charge on any atom is -0.294 e. The first kappa shape index (κ1) is 5.39. The second kappa shape index (κ2) is 2.62. The first-order chi connectivity index (χ1) is 2.27. The van der Waals surface area contributed by atoms with Crippen molar-refractivity contribution in [3.63, 3.8) is 0 Å². The van der Waals surface area contributed by atoms with Crippen LogP contribution in [-0.4, -0.2) is 11.4 Å². The van der Waals surface area contributed by atoms with E-state index in [-0.39, 0.29) is 11.4 Å². The van der Waals surface area contributed by atoms with E-state index in [1.165, 1.54) is 0 Å². The van der Waals surface area contributed by atoms with E-state index in [0.717, 1.165) is 0 Å². The van der Waals surface area contributed by atoms with Crippen molar-refractivity contribution in [1.29, 1.82) is 0 Å². The van der Waals surface area contributed by atoms with Crippen molar-refractivity contribution in [3.05, 3.63) is 0 Å². The predicted molar refractivity (Wildman–Crippen MR) is 25.4 cm³/mol. The Morgan fingerprint density at radius 2 is 2.20 bits per heavy atom. The third-order valence-corrected chi connectivity index (χ3v) is 0.858. The Kier molecular flexibility index (Phi) is 2.82. The molecule has 0 spiro atoms. The zero-order chi connectivity index (χ0) is 4.28. The van der Waals surface area contributed by atoms with Crippen LogP contribution in [0, 0.1) is 0 Å². The van der Waals surface area contributed by atoms with Gasteiger partial charge in [0, 0.05) is 0 Å². The summed E-state index contributed by atoms with van der Waals surface area (Å²) in [4.78, 5) is 9.64. The van der Waals surface area contributed by atoms with E-state index in [9.17, 15) is 4.79 Å². The summed E-state index contributed by atoms with van der Waals surface area (Å²) in [7, 11) is 1.96. The van der Waals surface area contributed by atoms with Crippen molar-refractivity contribution < 1.29 is 4.79 Å². The first-order valence-corrected chi connectivity index (χ1v) is 2.23. The number of alkyl halides is 1. The molecule has 0 saturated carbocycles. The molecule has 0 rings (SSSR count). The number of rotatable bonds is 1. The molecular formula is C2H4ClOP. The number of halogens is 1. The summed E-state index contributed by atoms with van der Waals surface area (Å²) >= 11 is 4.97. The highest BCUT2D eigenvalue weighted by Gasteiger charge is 1.79. The van der Waals surface area contributed by atoms with Gasteiger partial charge >= 0.3 is 0 Å². The Morgan fingerprint density at radius 1 is 2.00 bits per heavy atom.